The van der Waals surface area contributed by atoms with E-state index >= 15 is 0 Å². The fraction of sp³-hybridized carbons (Fsp3) is 0.286. The largest absolute Gasteiger partial charge is 0.493 e. The molecular weight excluding hydrogens is 404 g/mol. The fourth-order valence-electron chi connectivity index (χ4n) is 3.08. The average Bonchev–Trinajstić information content (AvgIpc) is 2.73. The molecule has 1 aromatic heterocycles. The number of hydrogen-bond donors (Lipinski definition) is 2. The Labute approximate surface area is 178 Å². The van der Waals surface area contributed by atoms with Crippen molar-refractivity contribution in [1.82, 2.24) is 14.9 Å². The molecule has 0 aliphatic carbocycles. The van der Waals surface area contributed by atoms with Crippen LogP contribution in [0.2, 0.25) is 0 Å². The van der Waals surface area contributed by atoms with Crippen molar-refractivity contribution < 1.29 is 14.3 Å². The van der Waals surface area contributed by atoms with Crippen LogP contribution in [-0.4, -0.2) is 54.8 Å². The number of para-hydroxylation sites is 1. The number of ether oxygens (including phenoxy) is 2. The van der Waals surface area contributed by atoms with Gasteiger partial charge in [-0.3, -0.25) is 14.5 Å². The van der Waals surface area contributed by atoms with Gasteiger partial charge in [0.2, 0.25) is 5.91 Å². The molecule has 2 aromatic carbocycles. The van der Waals surface area contributed by atoms with Crippen molar-refractivity contribution in [1.29, 1.82) is 0 Å². The molecule has 0 bridgehead atoms. The van der Waals surface area contributed by atoms with E-state index in [2.05, 4.69) is 15.3 Å². The van der Waals surface area contributed by atoms with E-state index in [-0.39, 0.29) is 18.0 Å². The minimum absolute atomic E-state index is 0.145. The van der Waals surface area contributed by atoms with E-state index in [1.54, 1.807) is 35.8 Å². The molecule has 158 valence electrons. The predicted molar refractivity (Wildman–Crippen MR) is 119 cm³/mol. The second-order valence-electron chi connectivity index (χ2n) is 6.66. The summed E-state index contributed by atoms with van der Waals surface area (Å²) in [5.41, 5.74) is 1.00. The Kier molecular flexibility index (Phi) is 6.96. The normalized spacial score (nSPS) is 11.0. The number of anilines is 1. The van der Waals surface area contributed by atoms with Crippen molar-refractivity contribution in [2.24, 2.45) is 0 Å². The van der Waals surface area contributed by atoms with E-state index in [1.807, 2.05) is 30.5 Å². The van der Waals surface area contributed by atoms with E-state index in [4.69, 9.17) is 9.47 Å². The summed E-state index contributed by atoms with van der Waals surface area (Å²) >= 11 is 1.57. The third-order valence-corrected chi connectivity index (χ3v) is 5.27. The Morgan fingerprint density at radius 3 is 2.60 bits per heavy atom. The number of H-pyrrole nitrogens is 1. The van der Waals surface area contributed by atoms with Gasteiger partial charge in [-0.1, -0.05) is 12.1 Å². The highest BCUT2D eigenvalue weighted by Crippen LogP contribution is 2.30. The zero-order valence-corrected chi connectivity index (χ0v) is 18.1. The lowest BCUT2D eigenvalue weighted by Crippen LogP contribution is -2.31. The standard InChI is InChI=1S/C21H24N4O4S/c1-25(12-20(26)23-14-7-5-6-8-18(14)30-4)11-19-22-15-10-17(29-3)16(28-2)9-13(15)21(27)24-19/h5-10H,11-12H2,1-4H3,(H,23,26)(H,22,24,27). The van der Waals surface area contributed by atoms with Gasteiger partial charge in [-0.15, -0.1) is 11.8 Å². The Bertz CT molecular complexity index is 1120. The summed E-state index contributed by atoms with van der Waals surface area (Å²) in [5.74, 6) is 1.27. The summed E-state index contributed by atoms with van der Waals surface area (Å²) in [5, 5.41) is 3.33. The molecule has 1 amide bonds. The van der Waals surface area contributed by atoms with E-state index in [0.717, 1.165) is 10.6 Å². The monoisotopic (exact) mass is 428 g/mol. The van der Waals surface area contributed by atoms with Crippen molar-refractivity contribution >= 4 is 34.3 Å². The van der Waals surface area contributed by atoms with Crippen LogP contribution in [0.3, 0.4) is 0 Å². The Morgan fingerprint density at radius 2 is 1.90 bits per heavy atom. The number of likely N-dealkylation sites (N-methyl/N-ethyl adjacent to an activating group) is 1. The van der Waals surface area contributed by atoms with Gasteiger partial charge in [0.25, 0.3) is 5.56 Å². The maximum absolute atomic E-state index is 12.5. The molecular formula is C21H24N4O4S. The number of nitrogens with zero attached hydrogens (tertiary/aromatic N) is 2. The molecule has 0 aliphatic rings. The molecule has 8 nitrogen and oxygen atoms in total. The summed E-state index contributed by atoms with van der Waals surface area (Å²) in [4.78, 5) is 35.0. The fourth-order valence-corrected chi connectivity index (χ4v) is 3.64. The second kappa shape index (κ2) is 9.64. The summed E-state index contributed by atoms with van der Waals surface area (Å²) < 4.78 is 10.5. The van der Waals surface area contributed by atoms with E-state index in [0.29, 0.717) is 34.8 Å². The van der Waals surface area contributed by atoms with Crippen LogP contribution in [0.25, 0.3) is 10.9 Å². The number of hydrogen-bond acceptors (Lipinski definition) is 7. The quantitative estimate of drug-likeness (QED) is 0.533. The minimum atomic E-state index is -0.275. The molecule has 0 aliphatic heterocycles. The highest BCUT2D eigenvalue weighted by molar-refractivity contribution is 7.98. The first-order valence-electron chi connectivity index (χ1n) is 9.21. The third kappa shape index (κ3) is 4.92. The van der Waals surface area contributed by atoms with Crippen LogP contribution in [0, 0.1) is 0 Å². The molecule has 0 spiro atoms. The minimum Gasteiger partial charge on any atom is -0.493 e. The van der Waals surface area contributed by atoms with Gasteiger partial charge in [0.1, 0.15) is 5.82 Å². The lowest BCUT2D eigenvalue weighted by atomic mass is 10.2. The number of aromatic amines is 1. The van der Waals surface area contributed by atoms with Crippen molar-refractivity contribution in [2.45, 2.75) is 11.4 Å². The third-order valence-electron chi connectivity index (χ3n) is 4.47. The van der Waals surface area contributed by atoms with Gasteiger partial charge < -0.3 is 19.8 Å². The number of nitrogens with one attached hydrogen (secondary N) is 2. The summed E-state index contributed by atoms with van der Waals surface area (Å²) in [7, 11) is 4.83. The van der Waals surface area contributed by atoms with E-state index in [1.165, 1.54) is 14.2 Å². The van der Waals surface area contributed by atoms with Gasteiger partial charge in [0.15, 0.2) is 11.5 Å². The van der Waals surface area contributed by atoms with Gasteiger partial charge >= 0.3 is 0 Å². The lowest BCUT2D eigenvalue weighted by Gasteiger charge is -2.17. The molecule has 0 fully saturated rings. The zero-order valence-electron chi connectivity index (χ0n) is 17.3. The molecule has 0 atom stereocenters. The van der Waals surface area contributed by atoms with Gasteiger partial charge in [-0.05, 0) is 31.5 Å². The Morgan fingerprint density at radius 1 is 1.20 bits per heavy atom. The number of carbonyl (C=O) groups excluding carboxylic acids is 1. The van der Waals surface area contributed by atoms with Crippen LogP contribution in [-0.2, 0) is 11.3 Å². The number of amides is 1. The summed E-state index contributed by atoms with van der Waals surface area (Å²) in [6, 6.07) is 10.9. The number of thioether (sulfide) groups is 1. The van der Waals surface area contributed by atoms with Gasteiger partial charge in [0, 0.05) is 11.0 Å². The first-order valence-corrected chi connectivity index (χ1v) is 10.4. The summed E-state index contributed by atoms with van der Waals surface area (Å²) in [6.45, 7) is 0.452. The van der Waals surface area contributed by atoms with Crippen LogP contribution in [0.15, 0.2) is 46.1 Å². The number of fused-ring (bicyclic) bond motifs is 1. The molecule has 30 heavy (non-hydrogen) atoms. The molecule has 0 saturated heterocycles. The zero-order chi connectivity index (χ0) is 21.7. The first-order chi connectivity index (χ1) is 14.4. The highest BCUT2D eigenvalue weighted by Gasteiger charge is 2.14. The molecule has 0 radical (unpaired) electrons. The molecule has 9 heteroatoms. The maximum atomic E-state index is 12.5. The van der Waals surface area contributed by atoms with Crippen molar-refractivity contribution in [3.8, 4) is 11.5 Å². The number of aromatic nitrogens is 2. The number of carbonyl (C=O) groups is 1. The topological polar surface area (TPSA) is 96.5 Å². The average molecular weight is 429 g/mol. The Balaban J connectivity index is 1.73. The maximum Gasteiger partial charge on any atom is 0.258 e. The highest BCUT2D eigenvalue weighted by atomic mass is 32.2. The van der Waals surface area contributed by atoms with Crippen molar-refractivity contribution in [2.75, 3.05) is 39.4 Å². The molecule has 3 aromatic rings. The van der Waals surface area contributed by atoms with Gasteiger partial charge in [-0.25, -0.2) is 4.98 Å². The van der Waals surface area contributed by atoms with Gasteiger partial charge in [0.05, 0.1) is 43.9 Å². The molecule has 3 rings (SSSR count). The van der Waals surface area contributed by atoms with Crippen LogP contribution in [0.5, 0.6) is 11.5 Å². The van der Waals surface area contributed by atoms with Crippen LogP contribution in [0.1, 0.15) is 5.82 Å². The lowest BCUT2D eigenvalue weighted by molar-refractivity contribution is -0.117. The van der Waals surface area contributed by atoms with E-state index in [9.17, 15) is 9.59 Å². The number of benzene rings is 2. The van der Waals surface area contributed by atoms with Gasteiger partial charge in [-0.2, -0.15) is 0 Å². The molecule has 1 heterocycles. The van der Waals surface area contributed by atoms with Crippen LogP contribution in [0.4, 0.5) is 5.69 Å². The van der Waals surface area contributed by atoms with E-state index < -0.39 is 0 Å². The molecule has 0 saturated carbocycles. The Hall–Kier alpha value is -3.04. The molecule has 2 N–H and O–H groups in total. The van der Waals surface area contributed by atoms with Crippen LogP contribution < -0.4 is 20.3 Å². The smallest absolute Gasteiger partial charge is 0.258 e. The van der Waals surface area contributed by atoms with Crippen LogP contribution >= 0.6 is 11.8 Å². The molecule has 0 unspecified atom stereocenters. The predicted octanol–water partition coefficient (Wildman–Crippen LogP) is 2.73. The van der Waals surface area contributed by atoms with Crippen molar-refractivity contribution in [3.63, 3.8) is 0 Å². The van der Waals surface area contributed by atoms with Crippen molar-refractivity contribution in [3.05, 3.63) is 52.6 Å². The second-order valence-corrected chi connectivity index (χ2v) is 7.51. The first kappa shape index (κ1) is 21.7. The SMILES string of the molecule is COc1cc2nc(CN(C)CC(=O)Nc3ccccc3SC)[nH]c(=O)c2cc1OC. The number of rotatable bonds is 8. The summed E-state index contributed by atoms with van der Waals surface area (Å²) in [6.07, 6.45) is 1.96. The number of methoxy groups -OCH3 is 2.